The van der Waals surface area contributed by atoms with E-state index < -0.39 is 5.60 Å². The zero-order chi connectivity index (χ0) is 22.2. The standard InChI is InChI=1S/C26H36O5/c1-23-11-7-20-24(2)9-4-10-26(20,15-31-22(24)29)19(23)8-12-25(3,30)21(23)14-16-13-17(27)5-6-18(16)28/h5-6,13,19-21,27-28,30H,4,7-12,14-15H2,1-3H3/t19-,20-,21-,23+,24-,25-,26-/m0/s1. The lowest BCUT2D eigenvalue weighted by Crippen LogP contribution is -2.68. The fraction of sp³-hybridized carbons (Fsp3) is 0.731. The van der Waals surface area contributed by atoms with Crippen LogP contribution in [-0.4, -0.2) is 33.5 Å². The number of benzene rings is 1. The number of carbonyl (C=O) groups is 1. The Balaban J connectivity index is 1.56. The molecule has 4 fully saturated rings. The summed E-state index contributed by atoms with van der Waals surface area (Å²) in [4.78, 5) is 12.8. The van der Waals surface area contributed by atoms with E-state index in [1.165, 1.54) is 12.1 Å². The topological polar surface area (TPSA) is 87.0 Å². The van der Waals surface area contributed by atoms with Gasteiger partial charge < -0.3 is 20.1 Å². The molecule has 0 unspecified atom stereocenters. The summed E-state index contributed by atoms with van der Waals surface area (Å²) in [6.07, 6.45) is 7.19. The molecule has 3 saturated carbocycles. The number of rotatable bonds is 2. The molecule has 1 heterocycles. The molecule has 1 aromatic carbocycles. The van der Waals surface area contributed by atoms with Crippen LogP contribution in [0.25, 0.3) is 0 Å². The predicted molar refractivity (Wildman–Crippen MR) is 116 cm³/mol. The van der Waals surface area contributed by atoms with Crippen LogP contribution in [0.4, 0.5) is 0 Å². The summed E-state index contributed by atoms with van der Waals surface area (Å²) in [5.41, 5.74) is -0.677. The zero-order valence-corrected chi connectivity index (χ0v) is 19.0. The van der Waals surface area contributed by atoms with Crippen molar-refractivity contribution in [1.29, 1.82) is 0 Å². The molecule has 1 saturated heterocycles. The van der Waals surface area contributed by atoms with E-state index in [0.717, 1.165) is 38.5 Å². The Hall–Kier alpha value is -1.75. The van der Waals surface area contributed by atoms with Crippen molar-refractivity contribution in [3.63, 3.8) is 0 Å². The van der Waals surface area contributed by atoms with E-state index >= 15 is 0 Å². The van der Waals surface area contributed by atoms with Crippen LogP contribution < -0.4 is 0 Å². The van der Waals surface area contributed by atoms with E-state index in [2.05, 4.69) is 13.8 Å². The highest BCUT2D eigenvalue weighted by molar-refractivity contribution is 5.78. The quantitative estimate of drug-likeness (QED) is 0.475. The number of hydrogen-bond acceptors (Lipinski definition) is 5. The van der Waals surface area contributed by atoms with Gasteiger partial charge in [-0.1, -0.05) is 13.3 Å². The van der Waals surface area contributed by atoms with Crippen LogP contribution in [0.3, 0.4) is 0 Å². The normalized spacial score (nSPS) is 46.6. The van der Waals surface area contributed by atoms with Gasteiger partial charge in [0.25, 0.3) is 0 Å². The smallest absolute Gasteiger partial charge is 0.312 e. The van der Waals surface area contributed by atoms with E-state index in [9.17, 15) is 20.1 Å². The van der Waals surface area contributed by atoms with E-state index in [-0.39, 0.29) is 39.6 Å². The third-order valence-corrected chi connectivity index (χ3v) is 10.2. The monoisotopic (exact) mass is 428 g/mol. The molecule has 3 aliphatic carbocycles. The lowest BCUT2D eigenvalue weighted by Gasteiger charge is -2.69. The van der Waals surface area contributed by atoms with Gasteiger partial charge in [-0.3, -0.25) is 4.79 Å². The Morgan fingerprint density at radius 1 is 1.03 bits per heavy atom. The highest BCUT2D eigenvalue weighted by Crippen LogP contribution is 2.71. The van der Waals surface area contributed by atoms with Gasteiger partial charge in [0.05, 0.1) is 17.6 Å². The molecule has 0 spiro atoms. The van der Waals surface area contributed by atoms with Gasteiger partial charge in [0.1, 0.15) is 11.5 Å². The van der Waals surface area contributed by atoms with Gasteiger partial charge in [-0.2, -0.15) is 0 Å². The summed E-state index contributed by atoms with van der Waals surface area (Å²) in [7, 11) is 0. The second kappa shape index (κ2) is 6.63. The van der Waals surface area contributed by atoms with Gasteiger partial charge in [0.2, 0.25) is 0 Å². The van der Waals surface area contributed by atoms with Crippen molar-refractivity contribution in [2.75, 3.05) is 6.61 Å². The van der Waals surface area contributed by atoms with Crippen molar-refractivity contribution in [1.82, 2.24) is 0 Å². The number of hydrogen-bond donors (Lipinski definition) is 3. The van der Waals surface area contributed by atoms with Gasteiger partial charge in [-0.25, -0.2) is 0 Å². The van der Waals surface area contributed by atoms with Crippen LogP contribution in [0.1, 0.15) is 71.3 Å². The van der Waals surface area contributed by atoms with Gasteiger partial charge in [-0.05, 0) is 106 Å². The Morgan fingerprint density at radius 2 is 1.77 bits per heavy atom. The third-order valence-electron chi connectivity index (χ3n) is 10.2. The highest BCUT2D eigenvalue weighted by Gasteiger charge is 2.69. The third kappa shape index (κ3) is 2.81. The molecule has 1 aromatic rings. The fourth-order valence-corrected chi connectivity index (χ4v) is 8.72. The van der Waals surface area contributed by atoms with Crippen molar-refractivity contribution >= 4 is 5.97 Å². The van der Waals surface area contributed by atoms with Gasteiger partial charge in [-0.15, -0.1) is 0 Å². The van der Waals surface area contributed by atoms with Crippen molar-refractivity contribution < 1.29 is 24.9 Å². The summed E-state index contributed by atoms with van der Waals surface area (Å²) in [5, 5.41) is 32.0. The molecule has 0 amide bonds. The number of phenolic OH excluding ortho intramolecular Hbond substituents is 2. The number of phenols is 2. The lowest BCUT2D eigenvalue weighted by molar-refractivity contribution is -0.256. The number of esters is 1. The van der Waals surface area contributed by atoms with Crippen LogP contribution in [0.5, 0.6) is 11.5 Å². The first-order chi connectivity index (χ1) is 14.5. The second-order valence-electron chi connectivity index (χ2n) is 11.7. The molecule has 2 bridgehead atoms. The summed E-state index contributed by atoms with van der Waals surface area (Å²) in [5.74, 6) is 0.965. The molecule has 170 valence electrons. The second-order valence-corrected chi connectivity index (χ2v) is 11.7. The van der Waals surface area contributed by atoms with Gasteiger partial charge in [0, 0.05) is 5.41 Å². The zero-order valence-electron chi connectivity index (χ0n) is 19.0. The molecule has 5 rings (SSSR count). The maximum Gasteiger partial charge on any atom is 0.312 e. The number of ether oxygens (including phenoxy) is 1. The van der Waals surface area contributed by atoms with Crippen molar-refractivity contribution in [2.24, 2.45) is 34.0 Å². The summed E-state index contributed by atoms with van der Waals surface area (Å²) >= 11 is 0. The summed E-state index contributed by atoms with van der Waals surface area (Å²) < 4.78 is 5.87. The molecule has 3 N–H and O–H groups in total. The van der Waals surface area contributed by atoms with Gasteiger partial charge in [0.15, 0.2) is 0 Å². The largest absolute Gasteiger partial charge is 0.508 e. The number of fused-ring (bicyclic) bond motifs is 1. The molecule has 4 aliphatic rings. The van der Waals surface area contributed by atoms with E-state index in [1.54, 1.807) is 6.07 Å². The van der Waals surface area contributed by atoms with Crippen molar-refractivity contribution in [3.8, 4) is 11.5 Å². The minimum Gasteiger partial charge on any atom is -0.508 e. The van der Waals surface area contributed by atoms with Crippen LogP contribution >= 0.6 is 0 Å². The molecule has 0 aromatic heterocycles. The van der Waals surface area contributed by atoms with Crippen LogP contribution in [-0.2, 0) is 16.0 Å². The summed E-state index contributed by atoms with van der Waals surface area (Å²) in [6, 6.07) is 4.65. The molecule has 1 aliphatic heterocycles. The minimum absolute atomic E-state index is 0.0104. The molecule has 5 heteroatoms. The Kier molecular flexibility index (Phi) is 4.52. The van der Waals surface area contributed by atoms with Gasteiger partial charge >= 0.3 is 5.97 Å². The van der Waals surface area contributed by atoms with Crippen molar-refractivity contribution in [2.45, 2.75) is 77.7 Å². The first-order valence-corrected chi connectivity index (χ1v) is 11.9. The first kappa shape index (κ1) is 21.1. The number of aromatic hydroxyl groups is 2. The molecule has 7 atom stereocenters. The van der Waals surface area contributed by atoms with E-state index in [0.29, 0.717) is 36.8 Å². The Morgan fingerprint density at radius 3 is 2.55 bits per heavy atom. The van der Waals surface area contributed by atoms with Crippen LogP contribution in [0.2, 0.25) is 0 Å². The highest BCUT2D eigenvalue weighted by atomic mass is 16.5. The SMILES string of the molecule is C[C@@]12CC[C@@H]3[C@]4(CCC[C@]3(C)C(=O)OC4)[C@H]1CC[C@](C)(O)[C@H]2Cc1cc(O)ccc1O. The predicted octanol–water partition coefficient (Wildman–Crippen LogP) is 4.57. The number of cyclic esters (lactones) is 1. The number of carbonyl (C=O) groups excluding carboxylic acids is 1. The summed E-state index contributed by atoms with van der Waals surface area (Å²) in [6.45, 7) is 6.90. The average molecular weight is 429 g/mol. The van der Waals surface area contributed by atoms with E-state index in [1.807, 2.05) is 6.92 Å². The lowest BCUT2D eigenvalue weighted by atomic mass is 9.37. The molecule has 31 heavy (non-hydrogen) atoms. The average Bonchev–Trinajstić information content (AvgIpc) is 2.70. The van der Waals surface area contributed by atoms with Crippen molar-refractivity contribution in [3.05, 3.63) is 23.8 Å². The molecular weight excluding hydrogens is 392 g/mol. The van der Waals surface area contributed by atoms with Crippen LogP contribution in [0.15, 0.2) is 18.2 Å². The molecular formula is C26H36O5. The first-order valence-electron chi connectivity index (χ1n) is 11.9. The molecule has 0 radical (unpaired) electrons. The molecule has 5 nitrogen and oxygen atoms in total. The maximum atomic E-state index is 12.8. The number of aliphatic hydroxyl groups is 1. The van der Waals surface area contributed by atoms with E-state index in [4.69, 9.17) is 4.74 Å². The Labute approximate surface area is 184 Å². The fourth-order valence-electron chi connectivity index (χ4n) is 8.72. The minimum atomic E-state index is -0.851. The van der Waals surface area contributed by atoms with Crippen LogP contribution in [0, 0.1) is 34.0 Å². The Bertz CT molecular complexity index is 909. The maximum absolute atomic E-state index is 12.8.